The SMILES string of the molecule is Cl.c1ccc(-n2nc(OCC3CCNC3)c3ccccc32)cc1. The fourth-order valence-corrected chi connectivity index (χ4v) is 2.96. The fraction of sp³-hybridized carbons (Fsp3) is 0.278. The van der Waals surface area contributed by atoms with Gasteiger partial charge in [0.05, 0.1) is 23.2 Å². The van der Waals surface area contributed by atoms with Crippen LogP contribution in [0.2, 0.25) is 0 Å². The van der Waals surface area contributed by atoms with Crippen molar-refractivity contribution in [2.75, 3.05) is 19.7 Å². The predicted molar refractivity (Wildman–Crippen MR) is 94.8 cm³/mol. The van der Waals surface area contributed by atoms with Crippen LogP contribution in [0.25, 0.3) is 16.6 Å². The van der Waals surface area contributed by atoms with Gasteiger partial charge in [-0.2, -0.15) is 0 Å². The lowest BCUT2D eigenvalue weighted by atomic mass is 10.1. The van der Waals surface area contributed by atoms with Crippen LogP contribution in [0.15, 0.2) is 54.6 Å². The van der Waals surface area contributed by atoms with Crippen molar-refractivity contribution < 1.29 is 4.74 Å². The molecule has 0 saturated carbocycles. The molecule has 1 aliphatic heterocycles. The zero-order chi connectivity index (χ0) is 14.8. The van der Waals surface area contributed by atoms with Crippen molar-refractivity contribution >= 4 is 23.3 Å². The number of nitrogens with zero attached hydrogens (tertiary/aromatic N) is 2. The number of aromatic nitrogens is 2. The number of hydrogen-bond acceptors (Lipinski definition) is 3. The summed E-state index contributed by atoms with van der Waals surface area (Å²) in [5.74, 6) is 1.31. The summed E-state index contributed by atoms with van der Waals surface area (Å²) in [6.45, 7) is 2.85. The average Bonchev–Trinajstić information content (AvgIpc) is 3.22. The molecular formula is C18H20ClN3O. The smallest absolute Gasteiger partial charge is 0.241 e. The Morgan fingerprint density at radius 2 is 1.87 bits per heavy atom. The normalized spacial score (nSPS) is 17.1. The van der Waals surface area contributed by atoms with E-state index < -0.39 is 0 Å². The highest BCUT2D eigenvalue weighted by molar-refractivity contribution is 5.86. The first-order chi connectivity index (χ1) is 10.9. The quantitative estimate of drug-likeness (QED) is 0.797. The van der Waals surface area contributed by atoms with Gasteiger partial charge < -0.3 is 10.1 Å². The van der Waals surface area contributed by atoms with Gasteiger partial charge >= 0.3 is 0 Å². The molecule has 1 fully saturated rings. The Hall–Kier alpha value is -2.04. The van der Waals surface area contributed by atoms with Gasteiger partial charge in [0, 0.05) is 12.5 Å². The first kappa shape index (κ1) is 15.8. The van der Waals surface area contributed by atoms with E-state index in [0.717, 1.165) is 42.2 Å². The molecular weight excluding hydrogens is 310 g/mol. The summed E-state index contributed by atoms with van der Waals surface area (Å²) in [4.78, 5) is 0. The van der Waals surface area contributed by atoms with Gasteiger partial charge in [0.1, 0.15) is 0 Å². The van der Waals surface area contributed by atoms with Crippen LogP contribution in [-0.2, 0) is 0 Å². The van der Waals surface area contributed by atoms with Gasteiger partial charge in [-0.15, -0.1) is 17.5 Å². The van der Waals surface area contributed by atoms with E-state index in [1.807, 2.05) is 35.0 Å². The maximum atomic E-state index is 6.03. The molecule has 1 unspecified atom stereocenters. The summed E-state index contributed by atoms with van der Waals surface area (Å²) >= 11 is 0. The van der Waals surface area contributed by atoms with Gasteiger partial charge in [0.25, 0.3) is 0 Å². The summed E-state index contributed by atoms with van der Waals surface area (Å²) in [6.07, 6.45) is 1.18. The van der Waals surface area contributed by atoms with Crippen molar-refractivity contribution in [2.24, 2.45) is 5.92 Å². The van der Waals surface area contributed by atoms with Crippen LogP contribution >= 0.6 is 12.4 Å². The minimum Gasteiger partial charge on any atom is -0.476 e. The molecule has 0 amide bonds. The lowest BCUT2D eigenvalue weighted by molar-refractivity contribution is 0.252. The summed E-state index contributed by atoms with van der Waals surface area (Å²) in [7, 11) is 0. The number of nitrogens with one attached hydrogen (secondary N) is 1. The van der Waals surface area contributed by atoms with E-state index >= 15 is 0 Å². The molecule has 120 valence electrons. The van der Waals surface area contributed by atoms with E-state index in [1.165, 1.54) is 6.42 Å². The standard InChI is InChI=1S/C18H19N3O.ClH/c1-2-6-15(7-3-1)21-17-9-5-4-8-16(17)18(20-21)22-13-14-10-11-19-12-14;/h1-9,14,19H,10-13H2;1H. The Kier molecular flexibility index (Phi) is 4.84. The van der Waals surface area contributed by atoms with Gasteiger partial charge in [-0.05, 0) is 37.2 Å². The Labute approximate surface area is 141 Å². The highest BCUT2D eigenvalue weighted by Gasteiger charge is 2.18. The minimum absolute atomic E-state index is 0. The van der Waals surface area contributed by atoms with Crippen molar-refractivity contribution in [3.8, 4) is 11.6 Å². The summed E-state index contributed by atoms with van der Waals surface area (Å²) in [5.41, 5.74) is 2.13. The molecule has 5 heteroatoms. The molecule has 0 bridgehead atoms. The lowest BCUT2D eigenvalue weighted by Crippen LogP contribution is -2.15. The van der Waals surface area contributed by atoms with E-state index in [1.54, 1.807) is 0 Å². The highest BCUT2D eigenvalue weighted by atomic mass is 35.5. The van der Waals surface area contributed by atoms with Crippen LogP contribution in [0.3, 0.4) is 0 Å². The second-order valence-corrected chi connectivity index (χ2v) is 5.74. The molecule has 1 aliphatic rings. The molecule has 1 saturated heterocycles. The third kappa shape index (κ3) is 3.19. The topological polar surface area (TPSA) is 39.1 Å². The number of fused-ring (bicyclic) bond motifs is 1. The summed E-state index contributed by atoms with van der Waals surface area (Å²) < 4.78 is 7.99. The van der Waals surface area contributed by atoms with Crippen LogP contribution < -0.4 is 10.1 Å². The number of benzene rings is 2. The zero-order valence-electron chi connectivity index (χ0n) is 12.8. The van der Waals surface area contributed by atoms with E-state index in [0.29, 0.717) is 5.92 Å². The maximum Gasteiger partial charge on any atom is 0.241 e. The van der Waals surface area contributed by atoms with Gasteiger partial charge in [-0.3, -0.25) is 0 Å². The van der Waals surface area contributed by atoms with Crippen molar-refractivity contribution in [2.45, 2.75) is 6.42 Å². The van der Waals surface area contributed by atoms with E-state index in [-0.39, 0.29) is 12.4 Å². The number of hydrogen-bond donors (Lipinski definition) is 1. The average molecular weight is 330 g/mol. The molecule has 3 aromatic rings. The van der Waals surface area contributed by atoms with Crippen LogP contribution in [0.5, 0.6) is 5.88 Å². The molecule has 2 heterocycles. The molecule has 4 nitrogen and oxygen atoms in total. The van der Waals surface area contributed by atoms with Crippen LogP contribution in [0.4, 0.5) is 0 Å². The Morgan fingerprint density at radius 1 is 1.09 bits per heavy atom. The van der Waals surface area contributed by atoms with Gasteiger partial charge in [0.15, 0.2) is 0 Å². The molecule has 2 aromatic carbocycles. The number of halogens is 1. The van der Waals surface area contributed by atoms with E-state index in [9.17, 15) is 0 Å². The molecule has 23 heavy (non-hydrogen) atoms. The highest BCUT2D eigenvalue weighted by Crippen LogP contribution is 2.27. The summed E-state index contributed by atoms with van der Waals surface area (Å²) in [6, 6.07) is 18.4. The molecule has 1 atom stereocenters. The minimum atomic E-state index is 0. The van der Waals surface area contributed by atoms with Crippen molar-refractivity contribution in [3.05, 3.63) is 54.6 Å². The fourth-order valence-electron chi connectivity index (χ4n) is 2.96. The zero-order valence-corrected chi connectivity index (χ0v) is 13.6. The van der Waals surface area contributed by atoms with Crippen molar-refractivity contribution in [1.82, 2.24) is 15.1 Å². The van der Waals surface area contributed by atoms with Crippen molar-refractivity contribution in [3.63, 3.8) is 0 Å². The van der Waals surface area contributed by atoms with Gasteiger partial charge in [-0.1, -0.05) is 30.3 Å². The third-order valence-electron chi connectivity index (χ3n) is 4.17. The van der Waals surface area contributed by atoms with Gasteiger partial charge in [0.2, 0.25) is 5.88 Å². The molecule has 0 radical (unpaired) electrons. The lowest BCUT2D eigenvalue weighted by Gasteiger charge is -2.08. The predicted octanol–water partition coefficient (Wildman–Crippen LogP) is 3.44. The van der Waals surface area contributed by atoms with Crippen LogP contribution in [0, 0.1) is 5.92 Å². The first-order valence-corrected chi connectivity index (χ1v) is 7.78. The van der Waals surface area contributed by atoms with Crippen LogP contribution in [0.1, 0.15) is 6.42 Å². The second-order valence-electron chi connectivity index (χ2n) is 5.74. The largest absolute Gasteiger partial charge is 0.476 e. The molecule has 4 rings (SSSR count). The Bertz CT molecular complexity index is 766. The first-order valence-electron chi connectivity index (χ1n) is 7.78. The van der Waals surface area contributed by atoms with Crippen LogP contribution in [-0.4, -0.2) is 29.5 Å². The Balaban J connectivity index is 0.00000156. The monoisotopic (exact) mass is 329 g/mol. The molecule has 0 aliphatic carbocycles. The van der Waals surface area contributed by atoms with E-state index in [4.69, 9.17) is 9.84 Å². The maximum absolute atomic E-state index is 6.03. The number of para-hydroxylation sites is 2. The summed E-state index contributed by atoms with van der Waals surface area (Å²) in [5, 5.41) is 9.13. The molecule has 0 spiro atoms. The second kappa shape index (κ2) is 7.02. The van der Waals surface area contributed by atoms with E-state index in [2.05, 4.69) is 29.6 Å². The number of ether oxygens (including phenoxy) is 1. The number of rotatable bonds is 4. The van der Waals surface area contributed by atoms with Gasteiger partial charge in [-0.25, -0.2) is 4.68 Å². The van der Waals surface area contributed by atoms with Crippen molar-refractivity contribution in [1.29, 1.82) is 0 Å². The molecule has 1 aromatic heterocycles. The Morgan fingerprint density at radius 3 is 2.65 bits per heavy atom. The third-order valence-corrected chi connectivity index (χ3v) is 4.17. The molecule has 1 N–H and O–H groups in total.